The van der Waals surface area contributed by atoms with Crippen LogP contribution in [-0.2, 0) is 73.5 Å². The Morgan fingerprint density at radius 2 is 0.471 bits per heavy atom. The van der Waals surface area contributed by atoms with Crippen molar-refractivity contribution in [2.24, 2.45) is 124 Å². The van der Waals surface area contributed by atoms with E-state index in [1.807, 2.05) is 12.1 Å². The molecular weight excluding hydrogens is 1700 g/mol. The number of fused-ring (bicyclic) bond motifs is 14. The largest absolute Gasteiger partial charge is 0.275 e. The molecule has 21 aliphatic rings. The number of rotatable bonds is 27. The zero-order valence-corrected chi connectivity index (χ0v) is 82.8. The highest BCUT2D eigenvalue weighted by Crippen LogP contribution is 2.52. The molecule has 724 valence electrons. The Kier molecular flexibility index (Phi) is 30.5. The summed E-state index contributed by atoms with van der Waals surface area (Å²) in [5, 5.41) is 0. The average molecular weight is 1850 g/mol. The van der Waals surface area contributed by atoms with E-state index in [4.69, 9.17) is 0 Å². The highest BCUT2D eigenvalue weighted by atomic mass is 16.2. The van der Waals surface area contributed by atoms with Gasteiger partial charge in [-0.3, -0.25) is 96.5 Å². The second-order valence-corrected chi connectivity index (χ2v) is 43.9. The SMILES string of the molecule is CC1=C(C)C(=O)N(CC2CC3C=CC2C3)C1=O.CC1=C(C)C(=O)N(CCC2CC3C=CC2C3)C1=O.CC1=C(C)C(=O)N(CCCC2CC3C=CC2C3)C1=O.CC1=C(C)C(=O)N(CCCCC2CC3C=CC2C3)C1=O.CC1=C(C)C(=O)N(CCCCCCC2CC3C=CC2C3)C1=O.CC1=C(C)C(=O)N(c2ccc(CCC3CC4C=CC3C4)cc2)C1=O.CC1=CC(=O)N(CC2CC3C=CC2C3)C1=O. The monoisotopic (exact) mass is 1850 g/mol. The van der Waals surface area contributed by atoms with Crippen molar-refractivity contribution in [1.82, 2.24) is 29.4 Å². The molecule has 21 atom stereocenters. The summed E-state index contributed by atoms with van der Waals surface area (Å²) >= 11 is 0. The van der Waals surface area contributed by atoms with Gasteiger partial charge in [-0.1, -0.05) is 123 Å². The normalized spacial score (nSPS) is 32.6. The molecule has 21 nitrogen and oxygen atoms in total. The fourth-order valence-corrected chi connectivity index (χ4v) is 26.3. The molecule has 1 aromatic rings. The van der Waals surface area contributed by atoms with Crippen LogP contribution in [0.4, 0.5) is 5.69 Å². The molecule has 0 aromatic heterocycles. The number of carbonyl (C=O) groups excluding carboxylic acids is 14. The Bertz CT molecular complexity index is 5340. The van der Waals surface area contributed by atoms with Crippen LogP contribution in [-0.4, -0.2) is 151 Å². The number of anilines is 1. The number of benzene rings is 1. The molecule has 7 fully saturated rings. The molecule has 7 heterocycles. The second kappa shape index (κ2) is 42.1. The summed E-state index contributed by atoms with van der Waals surface area (Å²) in [7, 11) is 0. The van der Waals surface area contributed by atoms with E-state index in [1.54, 1.807) is 90.0 Å². The van der Waals surface area contributed by atoms with Crippen LogP contribution in [0.15, 0.2) is 188 Å². The number of carbonyl (C=O) groups is 14. The summed E-state index contributed by atoms with van der Waals surface area (Å²) in [5.41, 5.74) is 9.82. The van der Waals surface area contributed by atoms with Crippen LogP contribution in [0.5, 0.6) is 0 Å². The predicted octanol–water partition coefficient (Wildman–Crippen LogP) is 19.4. The lowest BCUT2D eigenvalue weighted by atomic mass is 9.88. The summed E-state index contributed by atoms with van der Waals surface area (Å²) in [6.45, 7) is 26.2. The predicted molar refractivity (Wildman–Crippen MR) is 524 cm³/mol. The first-order valence-electron chi connectivity index (χ1n) is 51.7. The van der Waals surface area contributed by atoms with E-state index in [1.165, 1.54) is 155 Å². The van der Waals surface area contributed by atoms with Crippen molar-refractivity contribution < 1.29 is 67.1 Å². The van der Waals surface area contributed by atoms with Crippen LogP contribution < -0.4 is 4.90 Å². The smallest absolute Gasteiger partial charge is 0.261 e. The summed E-state index contributed by atoms with van der Waals surface area (Å²) in [4.78, 5) is 177. The van der Waals surface area contributed by atoms with E-state index in [0.717, 1.165) is 141 Å². The van der Waals surface area contributed by atoms with E-state index >= 15 is 0 Å². The third-order valence-electron chi connectivity index (χ3n) is 35.6. The molecule has 22 rings (SSSR count). The number of amides is 14. The van der Waals surface area contributed by atoms with Crippen molar-refractivity contribution in [3.63, 3.8) is 0 Å². The first-order chi connectivity index (χ1) is 65.1. The van der Waals surface area contributed by atoms with E-state index in [9.17, 15) is 67.1 Å². The van der Waals surface area contributed by atoms with Gasteiger partial charge in [0.1, 0.15) is 0 Å². The lowest BCUT2D eigenvalue weighted by molar-refractivity contribution is -0.139. The fraction of sp³-hybridized carbons (Fsp3) is 0.583. The Labute approximate surface area is 805 Å². The van der Waals surface area contributed by atoms with Crippen LogP contribution >= 0.6 is 0 Å². The van der Waals surface area contributed by atoms with Crippen molar-refractivity contribution in [2.45, 2.75) is 263 Å². The molecule has 14 amide bonds. The number of hydrogen-bond donors (Lipinski definition) is 0. The Hall–Kier alpha value is -10.4. The molecule has 14 bridgehead atoms. The van der Waals surface area contributed by atoms with Gasteiger partial charge in [0.15, 0.2) is 0 Å². The number of allylic oxidation sites excluding steroid dienone is 14. The summed E-state index contributed by atoms with van der Waals surface area (Å²) < 4.78 is 0. The summed E-state index contributed by atoms with van der Waals surface area (Å²) in [5.74, 6) is 14.1. The minimum atomic E-state index is -0.195. The van der Waals surface area contributed by atoms with Crippen LogP contribution in [0.25, 0.3) is 0 Å². The minimum Gasteiger partial charge on any atom is -0.275 e. The molecule has 14 aliphatic carbocycles. The molecule has 0 radical (unpaired) electrons. The molecule has 0 spiro atoms. The number of aryl methyl sites for hydroxylation is 1. The number of hydrogen-bond acceptors (Lipinski definition) is 14. The first kappa shape index (κ1) is 98.6. The maximum absolute atomic E-state index is 12.2. The molecule has 0 saturated heterocycles. The topological polar surface area (TPSA) is 262 Å². The quantitative estimate of drug-likeness (QED) is 0.0451. The van der Waals surface area contributed by atoms with E-state index in [2.05, 4.69) is 97.2 Å². The summed E-state index contributed by atoms with van der Waals surface area (Å²) in [6.07, 6.45) is 66.9. The van der Waals surface area contributed by atoms with Gasteiger partial charge in [-0.15, -0.1) is 0 Å². The number of unbranched alkanes of at least 4 members (excludes halogenated alkanes) is 4. The Morgan fingerprint density at radius 3 is 0.772 bits per heavy atom. The first-order valence-corrected chi connectivity index (χ1v) is 51.7. The van der Waals surface area contributed by atoms with Gasteiger partial charge < -0.3 is 0 Å². The van der Waals surface area contributed by atoms with Crippen molar-refractivity contribution in [1.29, 1.82) is 0 Å². The van der Waals surface area contributed by atoms with Crippen LogP contribution in [0, 0.1) is 124 Å². The second-order valence-electron chi connectivity index (χ2n) is 43.9. The zero-order valence-electron chi connectivity index (χ0n) is 82.8. The standard InChI is InChI=1S/C21H23NO2.C19H27NO2.C17H23NO2.C16H21NO2.C15H19NO2.C14H17NO2.C13H15NO2/c1-13-14(2)21(24)22(20(13)23)19-9-5-15(6-10-19)3-7-17-11-16-4-8-18(17)12-16;1-13-14(2)19(22)20(18(13)21)10-6-4-3-5-7-16-11-15-8-9-17(16)12-15;1-11-12(2)17(20)18(16(11)19)8-4-3-5-14-9-13-6-7-15(14)10-13;1-10-11(2)16(19)17(15(10)18)7-3-4-13-8-12-5-6-14(13)9-12;1-9-10(2)15(18)16(14(9)17)6-5-13-8-11-3-4-12(13)7-11;1-8-9(2)14(17)15(13(8)16)7-12-6-10-3-4-11(12)5-10;1-8-4-12(15)14(13(8)16)7-11-6-9-2-3-10(11)5-9/h4-6,8-10,16-18H,3,7,11-12H2,1-2H3;8-9,15-17H,3-7,10-12H2,1-2H3;6-7,13-15H,3-5,8-10H2,1-2H3;5-6,12-14H,3-4,7-9H2,1-2H3;3-4,11-13H,5-8H2,1-2H3;3-4,10-12H,5-7H2,1-2H3;2-4,9-11H,5-7H2,1H3. The van der Waals surface area contributed by atoms with Crippen molar-refractivity contribution in [3.05, 3.63) is 193 Å². The lowest BCUT2D eigenvalue weighted by Gasteiger charge is -2.24. The van der Waals surface area contributed by atoms with Gasteiger partial charge in [-0.05, 0) is 380 Å². The number of nitrogens with zero attached hydrogens (tertiary/aromatic N) is 7. The maximum atomic E-state index is 12.2. The highest BCUT2D eigenvalue weighted by molar-refractivity contribution is 6.32. The molecule has 0 N–H and O–H groups in total. The molecule has 136 heavy (non-hydrogen) atoms. The van der Waals surface area contributed by atoms with Gasteiger partial charge in [0.2, 0.25) is 0 Å². The molecule has 7 aliphatic heterocycles. The third-order valence-corrected chi connectivity index (χ3v) is 35.6. The third kappa shape index (κ3) is 20.8. The molecule has 21 unspecified atom stereocenters. The number of imide groups is 7. The minimum absolute atomic E-state index is 0.0840. The molecule has 21 heteroatoms. The molecule has 7 saturated carbocycles. The van der Waals surface area contributed by atoms with Gasteiger partial charge >= 0.3 is 0 Å². The van der Waals surface area contributed by atoms with Gasteiger partial charge in [0.05, 0.1) is 5.69 Å². The highest BCUT2D eigenvalue weighted by Gasteiger charge is 2.47. The average Bonchev–Trinajstić information content (AvgIpc) is 1.63. The van der Waals surface area contributed by atoms with E-state index in [-0.39, 0.29) is 82.7 Å². The molecular formula is C115H145N7O14. The lowest BCUT2D eigenvalue weighted by Crippen LogP contribution is -2.37. The van der Waals surface area contributed by atoms with E-state index in [0.29, 0.717) is 165 Å². The van der Waals surface area contributed by atoms with Gasteiger partial charge in [0, 0.05) is 118 Å². The van der Waals surface area contributed by atoms with Crippen molar-refractivity contribution in [2.75, 3.05) is 44.2 Å². The van der Waals surface area contributed by atoms with Crippen LogP contribution in [0.1, 0.15) is 263 Å². The zero-order chi connectivity index (χ0) is 96.7. The fourth-order valence-electron chi connectivity index (χ4n) is 26.3. The van der Waals surface area contributed by atoms with Gasteiger partial charge in [-0.2, -0.15) is 0 Å². The molecule has 1 aromatic carbocycles. The Morgan fingerprint density at radius 1 is 0.221 bits per heavy atom. The van der Waals surface area contributed by atoms with Gasteiger partial charge in [0.25, 0.3) is 82.7 Å². The van der Waals surface area contributed by atoms with Crippen LogP contribution in [0.2, 0.25) is 0 Å². The Balaban J connectivity index is 0.000000115. The van der Waals surface area contributed by atoms with Crippen molar-refractivity contribution in [3.8, 4) is 0 Å². The van der Waals surface area contributed by atoms with Crippen molar-refractivity contribution >= 4 is 88.4 Å². The van der Waals surface area contributed by atoms with E-state index < -0.39 is 0 Å². The van der Waals surface area contributed by atoms with Crippen LogP contribution in [0.3, 0.4) is 0 Å². The maximum Gasteiger partial charge on any atom is 0.261 e. The summed E-state index contributed by atoms with van der Waals surface area (Å²) in [6, 6.07) is 7.92. The van der Waals surface area contributed by atoms with Gasteiger partial charge in [-0.25, -0.2) is 4.90 Å².